The first kappa shape index (κ1) is 32.0. The lowest BCUT2D eigenvalue weighted by molar-refractivity contribution is 0.0766. The molecule has 7 nitrogen and oxygen atoms in total. The topological polar surface area (TPSA) is 66.5 Å². The van der Waals surface area contributed by atoms with Crippen LogP contribution in [0.25, 0.3) is 0 Å². The van der Waals surface area contributed by atoms with Crippen LogP contribution in [0.1, 0.15) is 68.6 Å². The average molecular weight is 588 g/mol. The van der Waals surface area contributed by atoms with E-state index in [0.29, 0.717) is 42.5 Å². The molecule has 3 rings (SSSR count). The van der Waals surface area contributed by atoms with E-state index in [9.17, 15) is 4.79 Å². The third-order valence-electron chi connectivity index (χ3n) is 8.90. The summed E-state index contributed by atoms with van der Waals surface area (Å²) in [5.41, 5.74) is 3.38. The van der Waals surface area contributed by atoms with Crippen molar-refractivity contribution < 1.29 is 27.9 Å². The van der Waals surface area contributed by atoms with E-state index >= 15 is 0 Å². The van der Waals surface area contributed by atoms with Crippen LogP contribution in [0.5, 0.6) is 23.0 Å². The number of methoxy groups -OCH3 is 3. The van der Waals surface area contributed by atoms with Crippen molar-refractivity contribution in [3.63, 3.8) is 0 Å². The van der Waals surface area contributed by atoms with Crippen LogP contribution in [0.3, 0.4) is 0 Å². The van der Waals surface area contributed by atoms with Crippen LogP contribution in [0.15, 0.2) is 24.3 Å². The van der Waals surface area contributed by atoms with E-state index in [2.05, 4.69) is 67.7 Å². The Kier molecular flexibility index (Phi) is 9.13. The van der Waals surface area contributed by atoms with Crippen LogP contribution in [0.4, 0.5) is 0 Å². The Bertz CT molecular complexity index is 1240. The fourth-order valence-corrected chi connectivity index (χ4v) is 6.15. The first-order chi connectivity index (χ1) is 18.4. The third-order valence-corrected chi connectivity index (χ3v) is 17.7. The molecular formula is C31H49NO6Si2. The number of nitrogens with zero attached hydrogens (tertiary/aromatic N) is 1. The van der Waals surface area contributed by atoms with Crippen molar-refractivity contribution in [3.8, 4) is 23.0 Å². The fraction of sp³-hybridized carbons (Fsp3) is 0.581. The van der Waals surface area contributed by atoms with Crippen LogP contribution in [-0.4, -0.2) is 48.8 Å². The minimum Gasteiger partial charge on any atom is -0.543 e. The Morgan fingerprint density at radius 3 is 1.90 bits per heavy atom. The number of carbonyl (C=O) groups is 1. The molecule has 0 unspecified atom stereocenters. The molecule has 0 aromatic heterocycles. The number of fused-ring (bicyclic) bond motifs is 1. The number of amides is 1. The van der Waals surface area contributed by atoms with Gasteiger partial charge in [-0.2, -0.15) is 0 Å². The maximum atomic E-state index is 13.8. The lowest BCUT2D eigenvalue weighted by Gasteiger charge is -2.39. The summed E-state index contributed by atoms with van der Waals surface area (Å²) in [6, 6.07) is 7.62. The van der Waals surface area contributed by atoms with Crippen LogP contribution >= 0.6 is 0 Å². The van der Waals surface area contributed by atoms with Crippen molar-refractivity contribution in [2.45, 2.75) is 97.5 Å². The summed E-state index contributed by atoms with van der Waals surface area (Å²) in [7, 11) is 0.544. The zero-order valence-electron chi connectivity index (χ0n) is 26.8. The molecular weight excluding hydrogens is 539 g/mol. The Balaban J connectivity index is 2.09. The van der Waals surface area contributed by atoms with Crippen molar-refractivity contribution in [3.05, 3.63) is 46.5 Å². The molecule has 0 atom stereocenters. The molecule has 0 N–H and O–H groups in total. The van der Waals surface area contributed by atoms with E-state index < -0.39 is 16.6 Å². The van der Waals surface area contributed by atoms with E-state index in [1.54, 1.807) is 21.3 Å². The second-order valence-electron chi connectivity index (χ2n) is 13.7. The molecule has 2 aromatic rings. The molecule has 2 aromatic carbocycles. The molecule has 1 heterocycles. The first-order valence-corrected chi connectivity index (χ1v) is 19.7. The Labute approximate surface area is 243 Å². The summed E-state index contributed by atoms with van der Waals surface area (Å²) >= 11 is 0. The predicted octanol–water partition coefficient (Wildman–Crippen LogP) is 7.77. The number of hydrogen-bond donors (Lipinski definition) is 0. The standard InChI is InChI=1S/C31H49NO6Si2/c1-30(2,3)39(10,11)37-20-24-26(35-8)17-22-23(28(24)38-40(12,13)31(4,5)6)19-32(29(22)33)18-21-14-15-25(34-7)27(16-21)36-9/h14-17H,18-20H2,1-13H3. The number of ether oxygens (including phenoxy) is 3. The normalized spacial score (nSPS) is 14.3. The molecule has 0 saturated heterocycles. The van der Waals surface area contributed by atoms with E-state index in [1.165, 1.54) is 0 Å². The van der Waals surface area contributed by atoms with Gasteiger partial charge < -0.3 is 28.0 Å². The van der Waals surface area contributed by atoms with Gasteiger partial charge in [-0.05, 0) is 60.0 Å². The highest BCUT2D eigenvalue weighted by molar-refractivity contribution is 6.75. The van der Waals surface area contributed by atoms with Gasteiger partial charge in [0.05, 0.1) is 45.6 Å². The van der Waals surface area contributed by atoms with Crippen molar-refractivity contribution >= 4 is 22.5 Å². The van der Waals surface area contributed by atoms with E-state index in [0.717, 1.165) is 22.4 Å². The second kappa shape index (κ2) is 11.4. The lowest BCUT2D eigenvalue weighted by atomic mass is 10.0. The lowest BCUT2D eigenvalue weighted by Crippen LogP contribution is -2.44. The van der Waals surface area contributed by atoms with Gasteiger partial charge in [0, 0.05) is 12.1 Å². The van der Waals surface area contributed by atoms with E-state index in [4.69, 9.17) is 23.1 Å². The van der Waals surface area contributed by atoms with E-state index in [-0.39, 0.29) is 16.0 Å². The highest BCUT2D eigenvalue weighted by Gasteiger charge is 2.43. The van der Waals surface area contributed by atoms with Gasteiger partial charge in [-0.25, -0.2) is 0 Å². The fourth-order valence-electron chi connectivity index (χ4n) is 4.15. The molecule has 0 radical (unpaired) electrons. The summed E-state index contributed by atoms with van der Waals surface area (Å²) in [4.78, 5) is 15.6. The largest absolute Gasteiger partial charge is 0.543 e. The van der Waals surface area contributed by atoms with Gasteiger partial charge in [0.25, 0.3) is 14.2 Å². The number of hydrogen-bond acceptors (Lipinski definition) is 6. The van der Waals surface area contributed by atoms with Gasteiger partial charge in [-0.3, -0.25) is 4.79 Å². The van der Waals surface area contributed by atoms with Gasteiger partial charge >= 0.3 is 0 Å². The van der Waals surface area contributed by atoms with Crippen molar-refractivity contribution in [2.75, 3.05) is 21.3 Å². The highest BCUT2D eigenvalue weighted by atomic mass is 28.4. The molecule has 222 valence electrons. The summed E-state index contributed by atoms with van der Waals surface area (Å²) in [5, 5.41) is 0.0338. The summed E-state index contributed by atoms with van der Waals surface area (Å²) in [6.07, 6.45) is 0. The predicted molar refractivity (Wildman–Crippen MR) is 166 cm³/mol. The van der Waals surface area contributed by atoms with Crippen LogP contribution in [0, 0.1) is 0 Å². The Hall–Kier alpha value is -2.50. The SMILES string of the molecule is COc1ccc(CN2Cc3c(cc(OC)c(CO[Si](C)(C)C(C)(C)C)c3O[Si](C)(C)C(C)(C)C)C2=O)cc1OC. The van der Waals surface area contributed by atoms with Gasteiger partial charge in [0.15, 0.2) is 19.8 Å². The van der Waals surface area contributed by atoms with Gasteiger partial charge in [0.2, 0.25) is 0 Å². The van der Waals surface area contributed by atoms with Gasteiger partial charge in [-0.15, -0.1) is 0 Å². The molecule has 0 aliphatic carbocycles. The van der Waals surface area contributed by atoms with E-state index in [1.807, 2.05) is 29.2 Å². The molecule has 0 fully saturated rings. The average Bonchev–Trinajstić information content (AvgIpc) is 3.16. The zero-order chi connectivity index (χ0) is 30.3. The monoisotopic (exact) mass is 587 g/mol. The number of benzene rings is 2. The molecule has 0 spiro atoms. The van der Waals surface area contributed by atoms with Crippen LogP contribution in [-0.2, 0) is 24.1 Å². The molecule has 9 heteroatoms. The van der Waals surface area contributed by atoms with Crippen LogP contribution < -0.4 is 18.6 Å². The molecule has 40 heavy (non-hydrogen) atoms. The number of carbonyl (C=O) groups excluding carboxylic acids is 1. The summed E-state index contributed by atoms with van der Waals surface area (Å²) in [5.74, 6) is 2.64. The minimum absolute atomic E-state index is 0.0253. The summed E-state index contributed by atoms with van der Waals surface area (Å²) < 4.78 is 30.5. The molecule has 1 aliphatic heterocycles. The van der Waals surface area contributed by atoms with Crippen molar-refractivity contribution in [1.82, 2.24) is 4.90 Å². The smallest absolute Gasteiger partial charge is 0.255 e. The molecule has 0 bridgehead atoms. The van der Waals surface area contributed by atoms with Gasteiger partial charge in [0.1, 0.15) is 11.5 Å². The quantitative estimate of drug-likeness (QED) is 0.265. The Morgan fingerprint density at radius 2 is 1.38 bits per heavy atom. The second-order valence-corrected chi connectivity index (χ2v) is 23.2. The molecule has 1 aliphatic rings. The maximum absolute atomic E-state index is 13.8. The molecule has 0 saturated carbocycles. The molecule has 1 amide bonds. The minimum atomic E-state index is -2.27. The third kappa shape index (κ3) is 6.36. The summed E-state index contributed by atoms with van der Waals surface area (Å²) in [6.45, 7) is 23.6. The maximum Gasteiger partial charge on any atom is 0.255 e. The van der Waals surface area contributed by atoms with Gasteiger partial charge in [-0.1, -0.05) is 47.6 Å². The highest BCUT2D eigenvalue weighted by Crippen LogP contribution is 2.46. The first-order valence-electron chi connectivity index (χ1n) is 13.9. The number of rotatable bonds is 10. The van der Waals surface area contributed by atoms with Crippen LogP contribution in [0.2, 0.25) is 36.3 Å². The van der Waals surface area contributed by atoms with Crippen molar-refractivity contribution in [1.29, 1.82) is 0 Å². The zero-order valence-corrected chi connectivity index (χ0v) is 28.8. The Morgan fingerprint density at radius 1 is 0.800 bits per heavy atom. The van der Waals surface area contributed by atoms with Crippen molar-refractivity contribution in [2.24, 2.45) is 0 Å².